The Morgan fingerprint density at radius 3 is 2.71 bits per heavy atom. The Hall–Kier alpha value is -1.85. The van der Waals surface area contributed by atoms with E-state index in [1.54, 1.807) is 11.7 Å². The average molecular weight is 309 g/mol. The van der Waals surface area contributed by atoms with Gasteiger partial charge in [-0.15, -0.1) is 0 Å². The summed E-state index contributed by atoms with van der Waals surface area (Å²) >= 11 is 5.85. The van der Waals surface area contributed by atoms with Crippen molar-refractivity contribution in [2.45, 2.75) is 32.1 Å². The number of nitrogens with one attached hydrogen (secondary N) is 1. The number of aromatic nitrogens is 1. The molecule has 1 aromatic heterocycles. The topological polar surface area (TPSA) is 75.4 Å². The highest BCUT2D eigenvalue weighted by Crippen LogP contribution is 2.21. The number of rotatable bonds is 7. The molecule has 0 aliphatic carbocycles. The lowest BCUT2D eigenvalue weighted by Gasteiger charge is -1.98. The Balaban J connectivity index is 1.78. The van der Waals surface area contributed by atoms with Crippen LogP contribution in [0.15, 0.2) is 34.9 Å². The van der Waals surface area contributed by atoms with E-state index in [-0.39, 0.29) is 5.91 Å². The van der Waals surface area contributed by atoms with Crippen LogP contribution in [0.4, 0.5) is 0 Å². The van der Waals surface area contributed by atoms with Gasteiger partial charge in [-0.05, 0) is 25.0 Å². The number of hydroxylamine groups is 1. The summed E-state index contributed by atoms with van der Waals surface area (Å²) in [5.41, 5.74) is 3.38. The van der Waals surface area contributed by atoms with Crippen LogP contribution in [-0.2, 0) is 11.2 Å². The van der Waals surface area contributed by atoms with Crippen molar-refractivity contribution in [3.63, 3.8) is 0 Å². The first-order valence-electron chi connectivity index (χ1n) is 6.82. The Morgan fingerprint density at radius 1 is 1.24 bits per heavy atom. The smallest absolute Gasteiger partial charge is 0.243 e. The number of aryl methyl sites for hydroxylation is 1. The summed E-state index contributed by atoms with van der Waals surface area (Å²) in [5.74, 6) is 0.336. The zero-order valence-corrected chi connectivity index (χ0v) is 12.3. The summed E-state index contributed by atoms with van der Waals surface area (Å²) in [6, 6.07) is 7.43. The molecule has 0 saturated heterocycles. The Labute approximate surface area is 127 Å². The first-order chi connectivity index (χ1) is 10.2. The zero-order valence-electron chi connectivity index (χ0n) is 11.5. The summed E-state index contributed by atoms with van der Waals surface area (Å²) < 4.78 is 5.43. The second-order valence-electron chi connectivity index (χ2n) is 4.73. The molecule has 0 spiro atoms. The molecule has 21 heavy (non-hydrogen) atoms. The van der Waals surface area contributed by atoms with E-state index in [2.05, 4.69) is 4.98 Å². The quantitative estimate of drug-likeness (QED) is 0.465. The van der Waals surface area contributed by atoms with Crippen LogP contribution in [0.5, 0.6) is 0 Å². The highest BCUT2D eigenvalue weighted by molar-refractivity contribution is 6.30. The monoisotopic (exact) mass is 308 g/mol. The lowest BCUT2D eigenvalue weighted by atomic mass is 10.1. The minimum atomic E-state index is -0.351. The molecule has 2 rings (SSSR count). The molecule has 0 unspecified atom stereocenters. The van der Waals surface area contributed by atoms with Crippen molar-refractivity contribution in [3.8, 4) is 11.3 Å². The van der Waals surface area contributed by atoms with E-state index in [1.165, 1.54) is 0 Å². The molecule has 0 saturated carbocycles. The molecule has 0 fully saturated rings. The second kappa shape index (κ2) is 7.81. The largest absolute Gasteiger partial charge is 0.448 e. The Kier molecular flexibility index (Phi) is 5.78. The summed E-state index contributed by atoms with van der Waals surface area (Å²) in [6.45, 7) is 0. The van der Waals surface area contributed by atoms with Gasteiger partial charge in [-0.1, -0.05) is 30.2 Å². The van der Waals surface area contributed by atoms with Gasteiger partial charge in [0.1, 0.15) is 12.0 Å². The molecule has 6 heteroatoms. The predicted molar refractivity (Wildman–Crippen MR) is 79.1 cm³/mol. The molecule has 0 atom stereocenters. The molecular weight excluding hydrogens is 292 g/mol. The standard InChI is InChI=1S/C15H17ClN2O3/c16-12-8-6-11(7-9-12)13-10-21-15(17-13)5-3-1-2-4-14(19)18-20/h6-10,20H,1-5H2,(H,18,19). The maximum Gasteiger partial charge on any atom is 0.243 e. The fourth-order valence-corrected chi connectivity index (χ4v) is 2.10. The Morgan fingerprint density at radius 2 is 2.00 bits per heavy atom. The van der Waals surface area contributed by atoms with E-state index < -0.39 is 0 Å². The van der Waals surface area contributed by atoms with Crippen molar-refractivity contribution >= 4 is 17.5 Å². The van der Waals surface area contributed by atoms with Gasteiger partial charge in [-0.3, -0.25) is 10.0 Å². The number of benzene rings is 1. The summed E-state index contributed by atoms with van der Waals surface area (Å²) in [4.78, 5) is 15.3. The SMILES string of the molecule is O=C(CCCCCc1nc(-c2ccc(Cl)cc2)co1)NO. The van der Waals surface area contributed by atoms with Gasteiger partial charge in [0.15, 0.2) is 5.89 Å². The van der Waals surface area contributed by atoms with Crippen LogP contribution >= 0.6 is 11.6 Å². The molecule has 1 amide bonds. The van der Waals surface area contributed by atoms with Gasteiger partial charge in [0.2, 0.25) is 5.91 Å². The number of nitrogens with zero attached hydrogens (tertiary/aromatic N) is 1. The minimum Gasteiger partial charge on any atom is -0.448 e. The van der Waals surface area contributed by atoms with Crippen molar-refractivity contribution < 1.29 is 14.4 Å². The zero-order chi connectivity index (χ0) is 15.1. The third kappa shape index (κ3) is 4.88. The highest BCUT2D eigenvalue weighted by Gasteiger charge is 2.06. The average Bonchev–Trinajstić information content (AvgIpc) is 2.96. The number of hydrogen-bond acceptors (Lipinski definition) is 4. The van der Waals surface area contributed by atoms with Gasteiger partial charge in [0.05, 0.1) is 0 Å². The van der Waals surface area contributed by atoms with Crippen LogP contribution in [0.3, 0.4) is 0 Å². The highest BCUT2D eigenvalue weighted by atomic mass is 35.5. The maximum atomic E-state index is 10.8. The first-order valence-corrected chi connectivity index (χ1v) is 7.20. The van der Waals surface area contributed by atoms with Crippen LogP contribution in [0.2, 0.25) is 5.02 Å². The fourth-order valence-electron chi connectivity index (χ4n) is 1.97. The van der Waals surface area contributed by atoms with Crippen molar-refractivity contribution in [1.82, 2.24) is 10.5 Å². The van der Waals surface area contributed by atoms with Crippen LogP contribution in [0.25, 0.3) is 11.3 Å². The van der Waals surface area contributed by atoms with Gasteiger partial charge in [-0.2, -0.15) is 0 Å². The summed E-state index contributed by atoms with van der Waals surface area (Å²) in [6.07, 6.45) is 5.20. The van der Waals surface area contributed by atoms with Crippen LogP contribution in [0, 0.1) is 0 Å². The van der Waals surface area contributed by atoms with Crippen molar-refractivity contribution in [2.75, 3.05) is 0 Å². The van der Waals surface area contributed by atoms with E-state index >= 15 is 0 Å². The lowest BCUT2D eigenvalue weighted by molar-refractivity contribution is -0.129. The van der Waals surface area contributed by atoms with E-state index in [9.17, 15) is 4.79 Å². The van der Waals surface area contributed by atoms with E-state index in [4.69, 9.17) is 21.2 Å². The fraction of sp³-hybridized carbons (Fsp3) is 0.333. The van der Waals surface area contributed by atoms with Crippen molar-refractivity contribution in [1.29, 1.82) is 0 Å². The van der Waals surface area contributed by atoms with E-state index in [0.717, 1.165) is 36.9 Å². The molecule has 0 bridgehead atoms. The maximum absolute atomic E-state index is 10.8. The van der Waals surface area contributed by atoms with Gasteiger partial charge < -0.3 is 4.42 Å². The summed E-state index contributed by atoms with van der Waals surface area (Å²) in [5, 5.41) is 9.05. The number of carbonyl (C=O) groups excluding carboxylic acids is 1. The third-order valence-electron chi connectivity index (χ3n) is 3.11. The second-order valence-corrected chi connectivity index (χ2v) is 5.17. The molecule has 2 N–H and O–H groups in total. The normalized spacial score (nSPS) is 10.6. The van der Waals surface area contributed by atoms with E-state index in [0.29, 0.717) is 17.3 Å². The molecule has 1 aromatic carbocycles. The van der Waals surface area contributed by atoms with Crippen LogP contribution in [0.1, 0.15) is 31.6 Å². The van der Waals surface area contributed by atoms with E-state index in [1.807, 2.05) is 24.3 Å². The number of unbranched alkanes of at least 4 members (excludes halogenated alkanes) is 2. The molecule has 5 nitrogen and oxygen atoms in total. The number of carbonyl (C=O) groups is 1. The van der Waals surface area contributed by atoms with Gasteiger partial charge in [-0.25, -0.2) is 10.5 Å². The molecule has 1 heterocycles. The molecule has 112 valence electrons. The Bertz CT molecular complexity index is 581. The minimum absolute atomic E-state index is 0.331. The van der Waals surface area contributed by atoms with Crippen LogP contribution in [-0.4, -0.2) is 16.1 Å². The number of amides is 1. The number of halogens is 1. The molecule has 0 radical (unpaired) electrons. The van der Waals surface area contributed by atoms with Crippen molar-refractivity contribution in [2.24, 2.45) is 0 Å². The molecule has 2 aromatic rings. The van der Waals surface area contributed by atoms with Gasteiger partial charge >= 0.3 is 0 Å². The van der Waals surface area contributed by atoms with Gasteiger partial charge in [0, 0.05) is 23.4 Å². The van der Waals surface area contributed by atoms with Crippen LogP contribution < -0.4 is 5.48 Å². The van der Waals surface area contributed by atoms with Crippen molar-refractivity contribution in [3.05, 3.63) is 41.4 Å². The summed E-state index contributed by atoms with van der Waals surface area (Å²) in [7, 11) is 0. The number of hydrogen-bond donors (Lipinski definition) is 2. The third-order valence-corrected chi connectivity index (χ3v) is 3.36. The lowest BCUT2D eigenvalue weighted by Crippen LogP contribution is -2.17. The molecular formula is C15H17ClN2O3. The number of oxazole rings is 1. The van der Waals surface area contributed by atoms with Gasteiger partial charge in [0.25, 0.3) is 0 Å². The molecule has 0 aliphatic heterocycles. The predicted octanol–water partition coefficient (Wildman–Crippen LogP) is 3.60. The first kappa shape index (κ1) is 15.5. The molecule has 0 aliphatic rings.